The predicted octanol–water partition coefficient (Wildman–Crippen LogP) is 2.76. The molecule has 96 valence electrons. The van der Waals surface area contributed by atoms with E-state index in [2.05, 4.69) is 18.7 Å². The zero-order valence-electron chi connectivity index (χ0n) is 10.8. The van der Waals surface area contributed by atoms with Gasteiger partial charge in [0.15, 0.2) is 0 Å². The van der Waals surface area contributed by atoms with Crippen LogP contribution in [0.1, 0.15) is 46.0 Å². The largest absolute Gasteiger partial charge is 0.392 e. The van der Waals surface area contributed by atoms with Crippen LogP contribution in [0.3, 0.4) is 0 Å². The third-order valence-corrected chi connectivity index (χ3v) is 4.95. The number of nitrogens with zero attached hydrogens (tertiary/aromatic N) is 1. The fourth-order valence-electron chi connectivity index (χ4n) is 2.32. The number of aliphatic hydroxyl groups excluding tert-OH is 1. The molecule has 1 saturated carbocycles. The summed E-state index contributed by atoms with van der Waals surface area (Å²) in [6.07, 6.45) is 6.01. The minimum absolute atomic E-state index is 0.0517. The summed E-state index contributed by atoms with van der Waals surface area (Å²) < 4.78 is 0. The van der Waals surface area contributed by atoms with E-state index in [4.69, 9.17) is 0 Å². The first-order valence-corrected chi connectivity index (χ1v) is 7.84. The van der Waals surface area contributed by atoms with Crippen LogP contribution >= 0.6 is 11.8 Å². The molecule has 1 aliphatic rings. The van der Waals surface area contributed by atoms with Crippen LogP contribution in [-0.2, 0) is 0 Å². The molecule has 2 unspecified atom stereocenters. The van der Waals surface area contributed by atoms with E-state index in [9.17, 15) is 5.11 Å². The van der Waals surface area contributed by atoms with Gasteiger partial charge >= 0.3 is 0 Å². The van der Waals surface area contributed by atoms with Crippen molar-refractivity contribution in [3.05, 3.63) is 0 Å². The molecule has 16 heavy (non-hydrogen) atoms. The van der Waals surface area contributed by atoms with Gasteiger partial charge < -0.3 is 10.0 Å². The third-order valence-electron chi connectivity index (χ3n) is 3.55. The van der Waals surface area contributed by atoms with Gasteiger partial charge in [0.2, 0.25) is 0 Å². The molecule has 2 atom stereocenters. The lowest BCUT2D eigenvalue weighted by molar-refractivity contribution is 0.163. The maximum absolute atomic E-state index is 9.99. The topological polar surface area (TPSA) is 23.5 Å². The fourth-order valence-corrected chi connectivity index (χ4v) is 3.68. The van der Waals surface area contributed by atoms with Crippen LogP contribution in [0.5, 0.6) is 0 Å². The van der Waals surface area contributed by atoms with E-state index >= 15 is 0 Å². The van der Waals surface area contributed by atoms with Crippen molar-refractivity contribution in [1.82, 2.24) is 4.90 Å². The van der Waals surface area contributed by atoms with Gasteiger partial charge in [-0.2, -0.15) is 11.8 Å². The molecule has 0 bridgehead atoms. The summed E-state index contributed by atoms with van der Waals surface area (Å²) in [7, 11) is 0. The van der Waals surface area contributed by atoms with Crippen molar-refractivity contribution in [1.29, 1.82) is 0 Å². The highest BCUT2D eigenvalue weighted by Gasteiger charge is 2.21. The molecule has 1 N–H and O–H groups in total. The maximum Gasteiger partial charge on any atom is 0.0658 e. The van der Waals surface area contributed by atoms with E-state index in [1.807, 2.05) is 11.8 Å². The quantitative estimate of drug-likeness (QED) is 0.728. The molecule has 0 aromatic rings. The van der Waals surface area contributed by atoms with Crippen molar-refractivity contribution >= 4 is 11.8 Å². The van der Waals surface area contributed by atoms with Crippen LogP contribution < -0.4 is 0 Å². The highest BCUT2D eigenvalue weighted by molar-refractivity contribution is 7.99. The van der Waals surface area contributed by atoms with Crippen molar-refractivity contribution < 1.29 is 5.11 Å². The Labute approximate surface area is 105 Å². The molecule has 0 aliphatic heterocycles. The van der Waals surface area contributed by atoms with Crippen LogP contribution in [0.15, 0.2) is 0 Å². The molecule has 1 aliphatic carbocycles. The lowest BCUT2D eigenvalue weighted by Gasteiger charge is -2.22. The highest BCUT2D eigenvalue weighted by atomic mass is 32.2. The summed E-state index contributed by atoms with van der Waals surface area (Å²) >= 11 is 1.99. The van der Waals surface area contributed by atoms with Crippen molar-refractivity contribution in [3.63, 3.8) is 0 Å². The monoisotopic (exact) mass is 245 g/mol. The number of thioether (sulfide) groups is 1. The third kappa shape index (κ3) is 5.07. The highest BCUT2D eigenvalue weighted by Crippen LogP contribution is 2.27. The molecule has 0 saturated heterocycles. The van der Waals surface area contributed by atoms with Gasteiger partial charge in [0, 0.05) is 17.5 Å². The average Bonchev–Trinajstić information content (AvgIpc) is 2.50. The van der Waals surface area contributed by atoms with Gasteiger partial charge in [-0.15, -0.1) is 0 Å². The molecule has 0 aromatic heterocycles. The first-order chi connectivity index (χ1) is 7.77. The van der Waals surface area contributed by atoms with Crippen LogP contribution in [0, 0.1) is 0 Å². The van der Waals surface area contributed by atoms with E-state index in [0.717, 1.165) is 19.5 Å². The second-order valence-electron chi connectivity index (χ2n) is 4.64. The summed E-state index contributed by atoms with van der Waals surface area (Å²) in [6.45, 7) is 7.89. The Hall–Kier alpha value is 0.270. The molecule has 0 aromatic carbocycles. The standard InChI is InChI=1S/C13H27NOS/c1-3-14(4-2)10-11-16-13-9-7-5-6-8-12(13)15/h12-13,15H,3-11H2,1-2H3. The Morgan fingerprint density at radius 3 is 2.50 bits per heavy atom. The minimum Gasteiger partial charge on any atom is -0.392 e. The minimum atomic E-state index is -0.0517. The Kier molecular flexibility index (Phi) is 7.50. The van der Waals surface area contributed by atoms with Crippen molar-refractivity contribution in [3.8, 4) is 0 Å². The normalized spacial score (nSPS) is 27.0. The molecule has 0 spiro atoms. The SMILES string of the molecule is CCN(CC)CCSC1CCCCCC1O. The molecule has 0 radical (unpaired) electrons. The Morgan fingerprint density at radius 2 is 1.81 bits per heavy atom. The Balaban J connectivity index is 2.19. The van der Waals surface area contributed by atoms with Gasteiger partial charge in [0.1, 0.15) is 0 Å². The molecule has 2 nitrogen and oxygen atoms in total. The second kappa shape index (κ2) is 8.37. The van der Waals surface area contributed by atoms with E-state index in [1.54, 1.807) is 0 Å². The van der Waals surface area contributed by atoms with Gasteiger partial charge in [-0.1, -0.05) is 33.1 Å². The van der Waals surface area contributed by atoms with Crippen molar-refractivity contribution in [2.24, 2.45) is 0 Å². The summed E-state index contributed by atoms with van der Waals surface area (Å²) in [5, 5.41) is 10.5. The average molecular weight is 245 g/mol. The van der Waals surface area contributed by atoms with Gasteiger partial charge in [0.25, 0.3) is 0 Å². The predicted molar refractivity (Wildman–Crippen MR) is 73.1 cm³/mol. The Bertz CT molecular complexity index is 173. The lowest BCUT2D eigenvalue weighted by atomic mass is 10.1. The van der Waals surface area contributed by atoms with Gasteiger partial charge in [-0.25, -0.2) is 0 Å². The summed E-state index contributed by atoms with van der Waals surface area (Å²) in [4.78, 5) is 2.45. The van der Waals surface area contributed by atoms with Crippen LogP contribution in [0.25, 0.3) is 0 Å². The molecule has 0 amide bonds. The lowest BCUT2D eigenvalue weighted by Crippen LogP contribution is -2.28. The molecule has 0 heterocycles. The number of aliphatic hydroxyl groups is 1. The smallest absolute Gasteiger partial charge is 0.0658 e. The van der Waals surface area contributed by atoms with Crippen LogP contribution in [-0.4, -0.2) is 46.7 Å². The van der Waals surface area contributed by atoms with Crippen molar-refractivity contribution in [2.45, 2.75) is 57.3 Å². The molecule has 3 heteroatoms. The van der Waals surface area contributed by atoms with Gasteiger partial charge in [0.05, 0.1) is 6.10 Å². The van der Waals surface area contributed by atoms with Gasteiger partial charge in [-0.3, -0.25) is 0 Å². The zero-order chi connectivity index (χ0) is 11.8. The molecular weight excluding hydrogens is 218 g/mol. The van der Waals surface area contributed by atoms with Crippen LogP contribution in [0.2, 0.25) is 0 Å². The van der Waals surface area contributed by atoms with Crippen molar-refractivity contribution in [2.75, 3.05) is 25.4 Å². The first kappa shape index (κ1) is 14.3. The van der Waals surface area contributed by atoms with E-state index in [1.165, 1.54) is 38.0 Å². The van der Waals surface area contributed by atoms with Crippen LogP contribution in [0.4, 0.5) is 0 Å². The number of hydrogen-bond donors (Lipinski definition) is 1. The summed E-state index contributed by atoms with van der Waals surface area (Å²) in [5.41, 5.74) is 0. The first-order valence-electron chi connectivity index (χ1n) is 6.80. The molecular formula is C13H27NOS. The number of hydrogen-bond acceptors (Lipinski definition) is 3. The summed E-state index contributed by atoms with van der Waals surface area (Å²) in [5.74, 6) is 1.17. The molecule has 1 fully saturated rings. The summed E-state index contributed by atoms with van der Waals surface area (Å²) in [6, 6.07) is 0. The second-order valence-corrected chi connectivity index (χ2v) is 5.99. The van der Waals surface area contributed by atoms with Gasteiger partial charge in [-0.05, 0) is 25.9 Å². The zero-order valence-corrected chi connectivity index (χ0v) is 11.6. The van der Waals surface area contributed by atoms with E-state index in [-0.39, 0.29) is 6.10 Å². The molecule has 1 rings (SSSR count). The fraction of sp³-hybridized carbons (Fsp3) is 1.00. The maximum atomic E-state index is 9.99. The van der Waals surface area contributed by atoms with E-state index in [0.29, 0.717) is 5.25 Å². The Morgan fingerprint density at radius 1 is 1.12 bits per heavy atom. The number of rotatable bonds is 6. The van der Waals surface area contributed by atoms with E-state index < -0.39 is 0 Å².